The summed E-state index contributed by atoms with van der Waals surface area (Å²) in [5, 5.41) is 24.7. The summed E-state index contributed by atoms with van der Waals surface area (Å²) in [6.45, 7) is 4.00. The van der Waals surface area contributed by atoms with Crippen molar-refractivity contribution in [3.05, 3.63) is 101 Å². The van der Waals surface area contributed by atoms with Crippen LogP contribution < -0.4 is 15.1 Å². The zero-order chi connectivity index (χ0) is 27.0. The third-order valence-corrected chi connectivity index (χ3v) is 6.60. The molecule has 1 aliphatic heterocycles. The molecule has 0 spiro atoms. The van der Waals surface area contributed by atoms with Crippen molar-refractivity contribution in [1.82, 2.24) is 0 Å². The number of rotatable bonds is 6. The molecule has 1 amide bonds. The van der Waals surface area contributed by atoms with E-state index >= 15 is 0 Å². The van der Waals surface area contributed by atoms with E-state index in [2.05, 4.69) is 10.5 Å². The monoisotopic (exact) mass is 507 g/mol. The quantitative estimate of drug-likeness (QED) is 0.222. The lowest BCUT2D eigenvalue weighted by Gasteiger charge is -2.18. The maximum Gasteiger partial charge on any atom is 0.335 e. The molecule has 0 saturated carbocycles. The van der Waals surface area contributed by atoms with Crippen LogP contribution in [-0.2, 0) is 4.79 Å². The molecule has 0 atom stereocenters. The number of carbonyl (C=O) groups excluding carboxylic acids is 1. The van der Waals surface area contributed by atoms with Crippen molar-refractivity contribution in [2.45, 2.75) is 13.8 Å². The molecular formula is C30H25N3O5. The topological polar surface area (TPSA) is 111 Å². The summed E-state index contributed by atoms with van der Waals surface area (Å²) in [4.78, 5) is 26.6. The number of benzene rings is 4. The molecule has 0 saturated heterocycles. The maximum atomic E-state index is 13.7. The summed E-state index contributed by atoms with van der Waals surface area (Å²) < 4.78 is 5.40. The fourth-order valence-corrected chi connectivity index (χ4v) is 4.39. The number of para-hydroxylation sites is 1. The normalized spacial score (nSPS) is 13.5. The number of anilines is 3. The number of nitrogens with one attached hydrogen (secondary N) is 1. The van der Waals surface area contributed by atoms with Crippen LogP contribution in [-0.4, -0.2) is 34.9 Å². The van der Waals surface area contributed by atoms with Gasteiger partial charge < -0.3 is 14.9 Å². The third-order valence-electron chi connectivity index (χ3n) is 6.60. The van der Waals surface area contributed by atoms with Gasteiger partial charge in [-0.3, -0.25) is 15.1 Å². The molecule has 8 nitrogen and oxygen atoms in total. The average molecular weight is 508 g/mol. The Morgan fingerprint density at radius 1 is 0.921 bits per heavy atom. The van der Waals surface area contributed by atoms with E-state index in [0.717, 1.165) is 11.1 Å². The lowest BCUT2D eigenvalue weighted by atomic mass is 10.0. The maximum absolute atomic E-state index is 13.7. The Hall–Kier alpha value is -5.11. The number of hydrogen-bond acceptors (Lipinski definition) is 6. The number of ether oxygens (including phenoxy) is 1. The number of carboxylic acid groups (broad SMARTS) is 1. The summed E-state index contributed by atoms with van der Waals surface area (Å²) in [7, 11) is 1.57. The first-order chi connectivity index (χ1) is 18.3. The number of aromatic hydroxyl groups is 1. The van der Waals surface area contributed by atoms with Crippen molar-refractivity contribution in [2.75, 3.05) is 17.4 Å². The van der Waals surface area contributed by atoms with Gasteiger partial charge in [0, 0.05) is 22.9 Å². The largest absolute Gasteiger partial charge is 0.505 e. The van der Waals surface area contributed by atoms with Gasteiger partial charge >= 0.3 is 5.97 Å². The number of hydrogen-bond donors (Lipinski definition) is 3. The van der Waals surface area contributed by atoms with E-state index in [4.69, 9.17) is 4.74 Å². The molecule has 4 aromatic rings. The molecule has 38 heavy (non-hydrogen) atoms. The lowest BCUT2D eigenvalue weighted by molar-refractivity contribution is -0.111. The highest BCUT2D eigenvalue weighted by Crippen LogP contribution is 2.40. The van der Waals surface area contributed by atoms with Gasteiger partial charge in [-0.25, -0.2) is 4.79 Å². The van der Waals surface area contributed by atoms with Crippen LogP contribution in [0.15, 0.2) is 84.0 Å². The standard InChI is InChI=1S/C30H25N3O5/c1-17-10-11-21(14-18(17)2)33-26-16-22(38-3)12-13-24(26)27(29(33)35)32-31-25-9-5-8-23(28(25)34)19-6-4-7-20(15-19)30(36)37/h4-16,31,34H,1-3H3,(H,36,37). The van der Waals surface area contributed by atoms with Crippen molar-refractivity contribution in [2.24, 2.45) is 5.10 Å². The number of amides is 1. The highest BCUT2D eigenvalue weighted by molar-refractivity contribution is 6.55. The first-order valence-corrected chi connectivity index (χ1v) is 11.9. The molecular weight excluding hydrogens is 482 g/mol. The molecule has 0 bridgehead atoms. The third kappa shape index (κ3) is 4.32. The van der Waals surface area contributed by atoms with E-state index in [-0.39, 0.29) is 28.6 Å². The first-order valence-electron chi connectivity index (χ1n) is 11.9. The molecule has 0 radical (unpaired) electrons. The zero-order valence-corrected chi connectivity index (χ0v) is 21.0. The number of phenols is 1. The van der Waals surface area contributed by atoms with Crippen LogP contribution in [0.3, 0.4) is 0 Å². The van der Waals surface area contributed by atoms with Gasteiger partial charge in [-0.15, -0.1) is 0 Å². The number of aryl methyl sites for hydroxylation is 2. The minimum Gasteiger partial charge on any atom is -0.505 e. The Balaban J connectivity index is 1.54. The van der Waals surface area contributed by atoms with Gasteiger partial charge in [-0.05, 0) is 73.0 Å². The van der Waals surface area contributed by atoms with Crippen LogP contribution in [0.25, 0.3) is 11.1 Å². The fourth-order valence-electron chi connectivity index (χ4n) is 4.39. The average Bonchev–Trinajstić information content (AvgIpc) is 3.19. The number of fused-ring (bicyclic) bond motifs is 1. The number of methoxy groups -OCH3 is 1. The minimum absolute atomic E-state index is 0.107. The van der Waals surface area contributed by atoms with Crippen LogP contribution >= 0.6 is 0 Å². The molecule has 3 N–H and O–H groups in total. The van der Waals surface area contributed by atoms with E-state index in [1.807, 2.05) is 32.0 Å². The first kappa shape index (κ1) is 24.6. The van der Waals surface area contributed by atoms with Crippen LogP contribution in [0.5, 0.6) is 11.5 Å². The molecule has 1 aliphatic rings. The number of hydrazone groups is 1. The SMILES string of the molecule is COc1ccc2c(c1)N(c1ccc(C)c(C)c1)C(=O)C2=NNc1cccc(-c2cccc(C(=O)O)c2)c1O. The Morgan fingerprint density at radius 3 is 2.45 bits per heavy atom. The molecule has 1 heterocycles. The molecule has 5 rings (SSSR count). The number of carboxylic acids is 1. The zero-order valence-electron chi connectivity index (χ0n) is 21.0. The Morgan fingerprint density at radius 2 is 1.71 bits per heavy atom. The molecule has 0 aliphatic carbocycles. The summed E-state index contributed by atoms with van der Waals surface area (Å²) in [5.41, 5.74) is 8.49. The van der Waals surface area contributed by atoms with Crippen molar-refractivity contribution in [3.8, 4) is 22.6 Å². The fraction of sp³-hybridized carbons (Fsp3) is 0.100. The summed E-state index contributed by atoms with van der Waals surface area (Å²) in [6.07, 6.45) is 0. The molecule has 0 unspecified atom stereocenters. The highest BCUT2D eigenvalue weighted by atomic mass is 16.5. The summed E-state index contributed by atoms with van der Waals surface area (Å²) in [6, 6.07) is 22.4. The van der Waals surface area contributed by atoms with Gasteiger partial charge in [-0.2, -0.15) is 5.10 Å². The van der Waals surface area contributed by atoms with E-state index < -0.39 is 5.97 Å². The number of aromatic carboxylic acids is 1. The van der Waals surface area contributed by atoms with Gasteiger partial charge in [0.15, 0.2) is 5.71 Å². The number of phenolic OH excluding ortho intramolecular Hbond substituents is 1. The second-order valence-corrected chi connectivity index (χ2v) is 8.95. The van der Waals surface area contributed by atoms with Gasteiger partial charge in [0.25, 0.3) is 5.91 Å². The van der Waals surface area contributed by atoms with E-state index in [1.54, 1.807) is 60.5 Å². The molecule has 0 fully saturated rings. The van der Waals surface area contributed by atoms with Crippen molar-refractivity contribution in [3.63, 3.8) is 0 Å². The Kier molecular flexibility index (Phi) is 6.30. The second-order valence-electron chi connectivity index (χ2n) is 8.95. The van der Waals surface area contributed by atoms with Crippen LogP contribution in [0.1, 0.15) is 27.0 Å². The van der Waals surface area contributed by atoms with Gasteiger partial charge in [-0.1, -0.05) is 30.3 Å². The smallest absolute Gasteiger partial charge is 0.335 e. The molecule has 4 aromatic carbocycles. The minimum atomic E-state index is -1.06. The molecule has 8 heteroatoms. The van der Waals surface area contributed by atoms with E-state index in [0.29, 0.717) is 33.8 Å². The number of nitrogens with zero attached hydrogens (tertiary/aromatic N) is 2. The Bertz CT molecular complexity index is 1630. The Labute approximate surface area is 219 Å². The summed E-state index contributed by atoms with van der Waals surface area (Å²) in [5.74, 6) is -0.900. The predicted octanol–water partition coefficient (Wildman–Crippen LogP) is 5.88. The van der Waals surface area contributed by atoms with E-state index in [9.17, 15) is 19.8 Å². The molecule has 190 valence electrons. The van der Waals surface area contributed by atoms with Gasteiger partial charge in [0.1, 0.15) is 11.5 Å². The van der Waals surface area contributed by atoms with Gasteiger partial charge in [0.05, 0.1) is 24.0 Å². The van der Waals surface area contributed by atoms with E-state index in [1.165, 1.54) is 12.1 Å². The van der Waals surface area contributed by atoms with Crippen LogP contribution in [0.4, 0.5) is 17.1 Å². The molecule has 0 aromatic heterocycles. The van der Waals surface area contributed by atoms with Crippen molar-refractivity contribution < 1.29 is 24.5 Å². The van der Waals surface area contributed by atoms with Crippen molar-refractivity contribution in [1.29, 1.82) is 0 Å². The van der Waals surface area contributed by atoms with Crippen LogP contribution in [0, 0.1) is 13.8 Å². The number of carbonyl (C=O) groups is 2. The van der Waals surface area contributed by atoms with Crippen LogP contribution in [0.2, 0.25) is 0 Å². The lowest BCUT2D eigenvalue weighted by Crippen LogP contribution is -2.26. The highest BCUT2D eigenvalue weighted by Gasteiger charge is 2.36. The van der Waals surface area contributed by atoms with Crippen molar-refractivity contribution >= 4 is 34.7 Å². The van der Waals surface area contributed by atoms with Gasteiger partial charge in [0.2, 0.25) is 0 Å². The summed E-state index contributed by atoms with van der Waals surface area (Å²) >= 11 is 0. The second kappa shape index (κ2) is 9.74. The predicted molar refractivity (Wildman–Crippen MR) is 147 cm³/mol.